The summed E-state index contributed by atoms with van der Waals surface area (Å²) in [5, 5.41) is 5.88. The molecule has 7 heteroatoms. The average Bonchev–Trinajstić information content (AvgIpc) is 3.23. The molecule has 2 N–H and O–H groups in total. The van der Waals surface area contributed by atoms with E-state index in [1.54, 1.807) is 21.9 Å². The first-order valence-corrected chi connectivity index (χ1v) is 10.5. The van der Waals surface area contributed by atoms with Crippen LogP contribution in [0, 0.1) is 11.3 Å². The van der Waals surface area contributed by atoms with Gasteiger partial charge in [-0.3, -0.25) is 9.59 Å². The van der Waals surface area contributed by atoms with Gasteiger partial charge in [-0.25, -0.2) is 4.79 Å². The molecule has 0 spiro atoms. The number of benzene rings is 1. The van der Waals surface area contributed by atoms with E-state index in [1.807, 2.05) is 32.9 Å². The minimum absolute atomic E-state index is 0.0771. The molecule has 1 aromatic rings. The molecular weight excluding hydrogens is 368 g/mol. The second-order valence-corrected chi connectivity index (χ2v) is 9.00. The van der Waals surface area contributed by atoms with Crippen molar-refractivity contribution < 1.29 is 14.4 Å². The van der Waals surface area contributed by atoms with Gasteiger partial charge < -0.3 is 20.4 Å². The van der Waals surface area contributed by atoms with Gasteiger partial charge in [0.25, 0.3) is 0 Å². The molecule has 0 aromatic heterocycles. The third-order valence-electron chi connectivity index (χ3n) is 5.54. The Balaban J connectivity index is 1.64. The highest BCUT2D eigenvalue weighted by Crippen LogP contribution is 2.27. The number of hydrogen-bond acceptors (Lipinski definition) is 3. The van der Waals surface area contributed by atoms with Crippen molar-refractivity contribution in [2.75, 3.05) is 36.8 Å². The lowest BCUT2D eigenvalue weighted by atomic mass is 9.91. The SMILES string of the molecule is CC(C)(C)C(=O)N1CCCC(C(=O)Nc2ccccc2NC(=O)N2CCCC2)C1. The molecule has 1 atom stereocenters. The van der Waals surface area contributed by atoms with E-state index in [2.05, 4.69) is 10.6 Å². The molecule has 2 heterocycles. The van der Waals surface area contributed by atoms with E-state index in [-0.39, 0.29) is 23.8 Å². The zero-order chi connectivity index (χ0) is 21.0. The van der Waals surface area contributed by atoms with E-state index < -0.39 is 5.41 Å². The quantitative estimate of drug-likeness (QED) is 0.814. The van der Waals surface area contributed by atoms with Crippen LogP contribution in [0.25, 0.3) is 0 Å². The number of nitrogens with one attached hydrogen (secondary N) is 2. The van der Waals surface area contributed by atoms with Gasteiger partial charge in [0.2, 0.25) is 11.8 Å². The van der Waals surface area contributed by atoms with Crippen molar-refractivity contribution in [2.24, 2.45) is 11.3 Å². The predicted octanol–water partition coefficient (Wildman–Crippen LogP) is 3.54. The number of carbonyl (C=O) groups excluding carboxylic acids is 3. The normalized spacial score (nSPS) is 19.8. The summed E-state index contributed by atoms with van der Waals surface area (Å²) in [5.41, 5.74) is 0.727. The number of hydrogen-bond donors (Lipinski definition) is 2. The van der Waals surface area contributed by atoms with Crippen molar-refractivity contribution in [1.29, 1.82) is 0 Å². The summed E-state index contributed by atoms with van der Waals surface area (Å²) in [6.07, 6.45) is 3.61. The second kappa shape index (κ2) is 8.84. The summed E-state index contributed by atoms with van der Waals surface area (Å²) in [6, 6.07) is 7.11. The van der Waals surface area contributed by atoms with Gasteiger partial charge in [-0.05, 0) is 37.8 Å². The third-order valence-corrected chi connectivity index (χ3v) is 5.54. The van der Waals surface area contributed by atoms with Crippen LogP contribution in [-0.4, -0.2) is 53.8 Å². The van der Waals surface area contributed by atoms with Crippen LogP contribution in [0.4, 0.5) is 16.2 Å². The van der Waals surface area contributed by atoms with Crippen LogP contribution in [0.1, 0.15) is 46.5 Å². The highest BCUT2D eigenvalue weighted by atomic mass is 16.2. The first-order valence-electron chi connectivity index (χ1n) is 10.5. The Morgan fingerprint density at radius 2 is 1.48 bits per heavy atom. The highest BCUT2D eigenvalue weighted by Gasteiger charge is 2.33. The fourth-order valence-corrected chi connectivity index (χ4v) is 3.90. The molecule has 1 unspecified atom stereocenters. The number of rotatable bonds is 3. The smallest absolute Gasteiger partial charge is 0.321 e. The number of carbonyl (C=O) groups is 3. The zero-order valence-electron chi connectivity index (χ0n) is 17.7. The third kappa shape index (κ3) is 5.28. The fraction of sp³-hybridized carbons (Fsp3) is 0.591. The highest BCUT2D eigenvalue weighted by molar-refractivity contribution is 6.00. The molecule has 0 bridgehead atoms. The molecule has 7 nitrogen and oxygen atoms in total. The van der Waals surface area contributed by atoms with Gasteiger partial charge in [-0.1, -0.05) is 32.9 Å². The maximum atomic E-state index is 12.9. The molecular formula is C22H32N4O3. The van der Waals surface area contributed by atoms with Crippen LogP contribution in [0.3, 0.4) is 0 Å². The summed E-state index contributed by atoms with van der Waals surface area (Å²) >= 11 is 0. The van der Waals surface area contributed by atoms with E-state index in [4.69, 9.17) is 0 Å². The number of nitrogens with zero attached hydrogens (tertiary/aromatic N) is 2. The Morgan fingerprint density at radius 1 is 0.897 bits per heavy atom. The van der Waals surface area contributed by atoms with Crippen molar-refractivity contribution in [3.63, 3.8) is 0 Å². The van der Waals surface area contributed by atoms with E-state index in [0.29, 0.717) is 24.5 Å². The minimum Gasteiger partial charge on any atom is -0.341 e. The molecule has 158 valence electrons. The lowest BCUT2D eigenvalue weighted by molar-refractivity contribution is -0.142. The molecule has 0 radical (unpaired) electrons. The average molecular weight is 401 g/mol. The van der Waals surface area contributed by atoms with E-state index >= 15 is 0 Å². The van der Waals surface area contributed by atoms with E-state index in [0.717, 1.165) is 38.8 Å². The number of likely N-dealkylation sites (tertiary alicyclic amines) is 2. The standard InChI is InChI=1S/C22H32N4O3/c1-22(2,3)20(28)26-14-8-9-16(15-26)19(27)23-17-10-4-5-11-18(17)24-21(29)25-12-6-7-13-25/h4-5,10-11,16H,6-9,12-15H2,1-3H3,(H,23,27)(H,24,29). The van der Waals surface area contributed by atoms with Crippen LogP contribution < -0.4 is 10.6 Å². The molecule has 29 heavy (non-hydrogen) atoms. The Labute approximate surface area is 172 Å². The molecule has 4 amide bonds. The van der Waals surface area contributed by atoms with Gasteiger partial charge in [0.15, 0.2) is 0 Å². The zero-order valence-corrected chi connectivity index (χ0v) is 17.7. The molecule has 3 rings (SSSR count). The molecule has 2 aliphatic heterocycles. The number of urea groups is 1. The van der Waals surface area contributed by atoms with Crippen LogP contribution in [0.5, 0.6) is 0 Å². The molecule has 2 aliphatic rings. The van der Waals surface area contributed by atoms with Gasteiger partial charge in [-0.15, -0.1) is 0 Å². The Hall–Kier alpha value is -2.57. The summed E-state index contributed by atoms with van der Waals surface area (Å²) < 4.78 is 0. The van der Waals surface area contributed by atoms with Gasteiger partial charge in [0, 0.05) is 31.6 Å². The van der Waals surface area contributed by atoms with Crippen molar-refractivity contribution >= 4 is 29.2 Å². The topological polar surface area (TPSA) is 81.8 Å². The maximum absolute atomic E-state index is 12.9. The first-order chi connectivity index (χ1) is 13.8. The fourth-order valence-electron chi connectivity index (χ4n) is 3.90. The van der Waals surface area contributed by atoms with E-state index in [9.17, 15) is 14.4 Å². The number of anilines is 2. The van der Waals surface area contributed by atoms with Gasteiger partial charge in [0.05, 0.1) is 17.3 Å². The molecule has 0 saturated carbocycles. The van der Waals surface area contributed by atoms with Crippen LogP contribution in [-0.2, 0) is 9.59 Å². The van der Waals surface area contributed by atoms with Crippen LogP contribution >= 0.6 is 0 Å². The van der Waals surface area contributed by atoms with Crippen molar-refractivity contribution in [3.05, 3.63) is 24.3 Å². The van der Waals surface area contributed by atoms with Gasteiger partial charge >= 0.3 is 6.03 Å². The lowest BCUT2D eigenvalue weighted by Gasteiger charge is -2.36. The first kappa shape index (κ1) is 21.1. The maximum Gasteiger partial charge on any atom is 0.321 e. The molecule has 0 aliphatic carbocycles. The number of para-hydroxylation sites is 2. The Kier molecular flexibility index (Phi) is 6.45. The largest absolute Gasteiger partial charge is 0.341 e. The Morgan fingerprint density at radius 3 is 2.10 bits per heavy atom. The predicted molar refractivity (Wildman–Crippen MR) is 114 cm³/mol. The summed E-state index contributed by atoms with van der Waals surface area (Å²) in [7, 11) is 0. The molecule has 1 aromatic carbocycles. The van der Waals surface area contributed by atoms with Crippen molar-refractivity contribution in [3.8, 4) is 0 Å². The van der Waals surface area contributed by atoms with Gasteiger partial charge in [-0.2, -0.15) is 0 Å². The number of piperidine rings is 1. The van der Waals surface area contributed by atoms with Crippen LogP contribution in [0.2, 0.25) is 0 Å². The summed E-state index contributed by atoms with van der Waals surface area (Å²) in [6.45, 7) is 8.36. The Bertz CT molecular complexity index is 766. The van der Waals surface area contributed by atoms with Crippen LogP contribution in [0.15, 0.2) is 24.3 Å². The second-order valence-electron chi connectivity index (χ2n) is 9.00. The molecule has 2 fully saturated rings. The summed E-state index contributed by atoms with van der Waals surface area (Å²) in [5.74, 6) is -0.287. The lowest BCUT2D eigenvalue weighted by Crippen LogP contribution is -2.47. The minimum atomic E-state index is -0.454. The van der Waals surface area contributed by atoms with Crippen molar-refractivity contribution in [2.45, 2.75) is 46.5 Å². The number of amides is 4. The monoisotopic (exact) mass is 400 g/mol. The van der Waals surface area contributed by atoms with Crippen molar-refractivity contribution in [1.82, 2.24) is 9.80 Å². The van der Waals surface area contributed by atoms with Gasteiger partial charge in [0.1, 0.15) is 0 Å². The van der Waals surface area contributed by atoms with E-state index in [1.165, 1.54) is 0 Å². The summed E-state index contributed by atoms with van der Waals surface area (Å²) in [4.78, 5) is 41.5. The molecule has 2 saturated heterocycles.